The molecule has 5 nitrogen and oxygen atoms in total. The van der Waals surface area contributed by atoms with Crippen molar-refractivity contribution in [1.29, 1.82) is 0 Å². The first-order valence-electron chi connectivity index (χ1n) is 10.6. The van der Waals surface area contributed by atoms with Crippen molar-refractivity contribution in [1.82, 2.24) is 10.2 Å². The molecule has 1 saturated carbocycles. The van der Waals surface area contributed by atoms with Gasteiger partial charge >= 0.3 is 0 Å². The van der Waals surface area contributed by atoms with E-state index in [2.05, 4.69) is 33.8 Å². The first kappa shape index (κ1) is 19.1. The number of ether oxygens (including phenoxy) is 1. The molecule has 1 aliphatic carbocycles. The summed E-state index contributed by atoms with van der Waals surface area (Å²) in [6.07, 6.45) is 2.48. The number of carbonyl (C=O) groups excluding carboxylic acids is 1. The van der Waals surface area contributed by atoms with E-state index in [0.29, 0.717) is 18.3 Å². The van der Waals surface area contributed by atoms with Gasteiger partial charge in [-0.05, 0) is 53.3 Å². The van der Waals surface area contributed by atoms with E-state index in [9.17, 15) is 9.90 Å². The van der Waals surface area contributed by atoms with Crippen molar-refractivity contribution in [3.8, 4) is 5.75 Å². The Morgan fingerprint density at radius 3 is 2.93 bits per heavy atom. The van der Waals surface area contributed by atoms with Crippen molar-refractivity contribution in [2.45, 2.75) is 44.4 Å². The van der Waals surface area contributed by atoms with Crippen LogP contribution in [0.2, 0.25) is 0 Å². The topological polar surface area (TPSA) is 61.8 Å². The van der Waals surface area contributed by atoms with Gasteiger partial charge in [0.05, 0.1) is 25.2 Å². The number of hydrogen-bond donors (Lipinski definition) is 2. The molecule has 3 aliphatic rings. The number of benzene rings is 1. The fourth-order valence-electron chi connectivity index (χ4n) is 5.23. The second-order valence-electron chi connectivity index (χ2n) is 8.72. The number of aliphatic hydroxyl groups is 1. The third kappa shape index (κ3) is 4.20. The van der Waals surface area contributed by atoms with Gasteiger partial charge in [-0.3, -0.25) is 9.69 Å². The summed E-state index contributed by atoms with van der Waals surface area (Å²) >= 11 is 1.80. The second-order valence-corrected chi connectivity index (χ2v) is 9.76. The summed E-state index contributed by atoms with van der Waals surface area (Å²) in [7, 11) is 0. The summed E-state index contributed by atoms with van der Waals surface area (Å²) in [6.45, 7) is 3.84. The molecule has 0 unspecified atom stereocenters. The molecule has 2 N–H and O–H groups in total. The molecule has 29 heavy (non-hydrogen) atoms. The molecular formula is C23H28N2O3S. The number of hydrogen-bond acceptors (Lipinski definition) is 5. The Hall–Kier alpha value is -1.89. The maximum absolute atomic E-state index is 12.6. The second kappa shape index (κ2) is 8.09. The zero-order valence-electron chi connectivity index (χ0n) is 16.5. The zero-order valence-corrected chi connectivity index (χ0v) is 17.4. The number of likely N-dealkylation sites (tertiary alicyclic amines) is 1. The van der Waals surface area contributed by atoms with Gasteiger partial charge in [-0.1, -0.05) is 18.2 Å². The molecule has 1 aromatic carbocycles. The predicted octanol–water partition coefficient (Wildman–Crippen LogP) is 2.61. The highest BCUT2D eigenvalue weighted by Gasteiger charge is 2.42. The van der Waals surface area contributed by atoms with Gasteiger partial charge in [-0.2, -0.15) is 0 Å². The average molecular weight is 413 g/mol. The van der Waals surface area contributed by atoms with E-state index in [4.69, 9.17) is 4.74 Å². The lowest BCUT2D eigenvalue weighted by Crippen LogP contribution is -2.49. The van der Waals surface area contributed by atoms with Gasteiger partial charge in [0.1, 0.15) is 5.75 Å². The minimum atomic E-state index is -0.449. The van der Waals surface area contributed by atoms with Gasteiger partial charge in [0.2, 0.25) is 5.91 Å². The first-order chi connectivity index (χ1) is 14.1. The van der Waals surface area contributed by atoms with E-state index in [1.807, 2.05) is 12.1 Å². The van der Waals surface area contributed by atoms with Gasteiger partial charge in [-0.25, -0.2) is 0 Å². The lowest BCUT2D eigenvalue weighted by atomic mass is 9.77. The SMILES string of the molecule is O=C(Cc1ccc2c(c1)CCO2)N[C@H]1C[C@H]2CN(Cc3cccs3)C[C@H]2C[C@@H]1O. The van der Waals surface area contributed by atoms with Crippen LogP contribution in [0.1, 0.15) is 28.8 Å². The number of amides is 1. The molecule has 5 rings (SSSR count). The van der Waals surface area contributed by atoms with E-state index in [1.165, 1.54) is 10.4 Å². The molecule has 154 valence electrons. The third-order valence-corrected chi connectivity index (χ3v) is 7.50. The van der Waals surface area contributed by atoms with Crippen LogP contribution in [0.25, 0.3) is 0 Å². The van der Waals surface area contributed by atoms with Crippen molar-refractivity contribution in [2.75, 3.05) is 19.7 Å². The summed E-state index contributed by atoms with van der Waals surface area (Å²) in [4.78, 5) is 16.5. The molecule has 1 amide bonds. The highest BCUT2D eigenvalue weighted by molar-refractivity contribution is 7.09. The lowest BCUT2D eigenvalue weighted by Gasteiger charge is -2.35. The summed E-state index contributed by atoms with van der Waals surface area (Å²) in [6, 6.07) is 10.2. The van der Waals surface area contributed by atoms with Crippen molar-refractivity contribution in [2.24, 2.45) is 11.8 Å². The Balaban J connectivity index is 1.16. The summed E-state index contributed by atoms with van der Waals surface area (Å²) in [5, 5.41) is 15.9. The highest BCUT2D eigenvalue weighted by Crippen LogP contribution is 2.37. The van der Waals surface area contributed by atoms with Gasteiger partial charge in [0.25, 0.3) is 0 Å². The number of aliphatic hydroxyl groups excluding tert-OH is 1. The molecule has 0 spiro atoms. The predicted molar refractivity (Wildman–Crippen MR) is 113 cm³/mol. The molecule has 2 aliphatic heterocycles. The van der Waals surface area contributed by atoms with Crippen LogP contribution in [0.15, 0.2) is 35.7 Å². The van der Waals surface area contributed by atoms with E-state index < -0.39 is 6.10 Å². The number of thiophene rings is 1. The zero-order chi connectivity index (χ0) is 19.8. The molecule has 1 aromatic heterocycles. The molecule has 0 radical (unpaired) electrons. The smallest absolute Gasteiger partial charge is 0.224 e. The van der Waals surface area contributed by atoms with Gasteiger partial charge < -0.3 is 15.2 Å². The van der Waals surface area contributed by atoms with Crippen molar-refractivity contribution in [3.63, 3.8) is 0 Å². The monoisotopic (exact) mass is 412 g/mol. The molecule has 2 aromatic rings. The van der Waals surface area contributed by atoms with Crippen molar-refractivity contribution >= 4 is 17.2 Å². The molecule has 6 heteroatoms. The number of nitrogens with one attached hydrogen (secondary N) is 1. The molecule has 1 saturated heterocycles. The molecule has 2 fully saturated rings. The Labute approximate surface area is 175 Å². The van der Waals surface area contributed by atoms with E-state index in [-0.39, 0.29) is 11.9 Å². The van der Waals surface area contributed by atoms with Crippen LogP contribution in [0.4, 0.5) is 0 Å². The first-order valence-corrected chi connectivity index (χ1v) is 11.5. The average Bonchev–Trinajstić information content (AvgIpc) is 3.42. The fraction of sp³-hybridized carbons (Fsp3) is 0.522. The standard InChI is InChI=1S/C23H28N2O3S/c26-21-11-18-13-25(14-19-2-1-7-29-19)12-17(18)10-20(21)24-23(27)9-15-3-4-22-16(8-15)5-6-28-22/h1-4,7-8,17-18,20-21,26H,5-6,9-14H2,(H,24,27)/t17-,18+,20-,21-/m0/s1. The van der Waals surface area contributed by atoms with Crippen molar-refractivity contribution in [3.05, 3.63) is 51.7 Å². The molecular weight excluding hydrogens is 384 g/mol. The van der Waals surface area contributed by atoms with E-state index in [0.717, 1.165) is 56.8 Å². The molecule has 3 heterocycles. The number of nitrogens with zero attached hydrogens (tertiary/aromatic N) is 1. The molecule has 0 bridgehead atoms. The van der Waals surface area contributed by atoms with Gasteiger partial charge in [0.15, 0.2) is 0 Å². The van der Waals surface area contributed by atoms with Crippen LogP contribution in [0.3, 0.4) is 0 Å². The van der Waals surface area contributed by atoms with Crippen LogP contribution < -0.4 is 10.1 Å². The maximum atomic E-state index is 12.6. The summed E-state index contributed by atoms with van der Waals surface area (Å²) in [5.74, 6) is 2.03. The lowest BCUT2D eigenvalue weighted by molar-refractivity contribution is -0.122. The van der Waals surface area contributed by atoms with E-state index >= 15 is 0 Å². The Bertz CT molecular complexity index is 869. The summed E-state index contributed by atoms with van der Waals surface area (Å²) < 4.78 is 5.54. The Morgan fingerprint density at radius 1 is 1.24 bits per heavy atom. The third-order valence-electron chi connectivity index (χ3n) is 6.64. The number of fused-ring (bicyclic) bond motifs is 2. The minimum Gasteiger partial charge on any atom is -0.493 e. The number of carbonyl (C=O) groups is 1. The Morgan fingerprint density at radius 2 is 2.10 bits per heavy atom. The fourth-order valence-corrected chi connectivity index (χ4v) is 5.97. The van der Waals surface area contributed by atoms with E-state index in [1.54, 1.807) is 11.3 Å². The minimum absolute atomic E-state index is 0.000182. The highest BCUT2D eigenvalue weighted by atomic mass is 32.1. The van der Waals surface area contributed by atoms with Crippen LogP contribution in [0, 0.1) is 11.8 Å². The van der Waals surface area contributed by atoms with Gasteiger partial charge in [0, 0.05) is 30.9 Å². The van der Waals surface area contributed by atoms with Crippen LogP contribution in [-0.4, -0.2) is 47.8 Å². The quantitative estimate of drug-likeness (QED) is 0.793. The van der Waals surface area contributed by atoms with Crippen LogP contribution in [0.5, 0.6) is 5.75 Å². The Kier molecular flexibility index (Phi) is 5.33. The maximum Gasteiger partial charge on any atom is 0.224 e. The van der Waals surface area contributed by atoms with Crippen LogP contribution >= 0.6 is 11.3 Å². The normalized spacial score (nSPS) is 28.6. The van der Waals surface area contributed by atoms with Crippen LogP contribution in [-0.2, 0) is 24.2 Å². The van der Waals surface area contributed by atoms with Gasteiger partial charge in [-0.15, -0.1) is 11.3 Å². The largest absolute Gasteiger partial charge is 0.493 e. The van der Waals surface area contributed by atoms with Crippen molar-refractivity contribution < 1.29 is 14.6 Å². The summed E-state index contributed by atoms with van der Waals surface area (Å²) in [5.41, 5.74) is 2.20. The molecule has 4 atom stereocenters. The number of rotatable bonds is 5.